The second-order valence-electron chi connectivity index (χ2n) is 5.44. The molecule has 3 nitrogen and oxygen atoms in total. The Morgan fingerprint density at radius 1 is 1.40 bits per heavy atom. The van der Waals surface area contributed by atoms with Crippen LogP contribution in [0.5, 0.6) is 0 Å². The predicted molar refractivity (Wildman–Crippen MR) is 84.8 cm³/mol. The topological polar surface area (TPSA) is 35.5 Å². The number of unbranched alkanes of at least 4 members (excludes halogenated alkanes) is 1. The van der Waals surface area contributed by atoms with Crippen LogP contribution < -0.4 is 0 Å². The molecule has 0 amide bonds. The molecule has 0 saturated heterocycles. The highest BCUT2D eigenvalue weighted by molar-refractivity contribution is 9.11. The van der Waals surface area contributed by atoms with E-state index in [0.717, 1.165) is 42.2 Å². The molecule has 1 heterocycles. The summed E-state index contributed by atoms with van der Waals surface area (Å²) in [6, 6.07) is 0. The molecule has 20 heavy (non-hydrogen) atoms. The summed E-state index contributed by atoms with van der Waals surface area (Å²) in [6.45, 7) is 8.85. The summed E-state index contributed by atoms with van der Waals surface area (Å²) < 4.78 is 12.5. The summed E-state index contributed by atoms with van der Waals surface area (Å²) in [5, 5.41) is 0. The monoisotopic (exact) mass is 346 g/mol. The van der Waals surface area contributed by atoms with Crippen molar-refractivity contribution in [2.45, 2.75) is 72.0 Å². The first-order valence-electron chi connectivity index (χ1n) is 7.72. The van der Waals surface area contributed by atoms with E-state index in [-0.39, 0.29) is 12.1 Å². The van der Waals surface area contributed by atoms with Gasteiger partial charge in [0, 0.05) is 6.42 Å². The van der Waals surface area contributed by atoms with Crippen molar-refractivity contribution in [3.63, 3.8) is 0 Å². The fraction of sp³-hybridized carbons (Fsp3) is 0.812. The van der Waals surface area contributed by atoms with E-state index in [1.807, 2.05) is 6.92 Å². The number of halogens is 1. The second-order valence-corrected chi connectivity index (χ2v) is 6.40. The van der Waals surface area contributed by atoms with Gasteiger partial charge < -0.3 is 9.47 Å². The van der Waals surface area contributed by atoms with Gasteiger partial charge in [-0.3, -0.25) is 0 Å². The lowest BCUT2D eigenvalue weighted by Gasteiger charge is -2.34. The molecule has 0 bridgehead atoms. The Balaban J connectivity index is 2.73. The molecule has 0 aromatic heterocycles. The van der Waals surface area contributed by atoms with Gasteiger partial charge in [-0.15, -0.1) is 0 Å². The van der Waals surface area contributed by atoms with Crippen LogP contribution in [0.25, 0.3) is 0 Å². The molecule has 0 radical (unpaired) electrons. The SMILES string of the molecule is CCCCOC(=O)[C@H]1O[C@H](C(CC)CC)CC(Br)=C1C. The van der Waals surface area contributed by atoms with Gasteiger partial charge in [0.15, 0.2) is 6.10 Å². The number of carbonyl (C=O) groups excluding carboxylic acids is 1. The van der Waals surface area contributed by atoms with Crippen molar-refractivity contribution in [3.05, 3.63) is 10.1 Å². The summed E-state index contributed by atoms with van der Waals surface area (Å²) in [5.74, 6) is 0.241. The summed E-state index contributed by atoms with van der Waals surface area (Å²) in [6.07, 6.45) is 4.48. The van der Waals surface area contributed by atoms with E-state index in [2.05, 4.69) is 36.7 Å². The molecule has 1 aliphatic rings. The van der Waals surface area contributed by atoms with Gasteiger partial charge in [0.2, 0.25) is 0 Å². The van der Waals surface area contributed by atoms with Crippen molar-refractivity contribution in [3.8, 4) is 0 Å². The summed E-state index contributed by atoms with van der Waals surface area (Å²) in [7, 11) is 0. The molecule has 0 unspecified atom stereocenters. The fourth-order valence-electron chi connectivity index (χ4n) is 2.52. The number of esters is 1. The Labute approximate surface area is 131 Å². The molecule has 0 aromatic carbocycles. The van der Waals surface area contributed by atoms with Gasteiger partial charge in [0.25, 0.3) is 0 Å². The lowest BCUT2D eigenvalue weighted by Crippen LogP contribution is -2.39. The van der Waals surface area contributed by atoms with Gasteiger partial charge in [-0.2, -0.15) is 0 Å². The van der Waals surface area contributed by atoms with Crippen molar-refractivity contribution in [1.29, 1.82) is 0 Å². The van der Waals surface area contributed by atoms with Gasteiger partial charge in [-0.1, -0.05) is 56.0 Å². The van der Waals surface area contributed by atoms with Crippen LogP contribution in [0.3, 0.4) is 0 Å². The molecular formula is C16H27BrO3. The summed E-state index contributed by atoms with van der Waals surface area (Å²) in [4.78, 5) is 12.2. The fourth-order valence-corrected chi connectivity index (χ4v) is 3.05. The number of hydrogen-bond acceptors (Lipinski definition) is 3. The predicted octanol–water partition coefficient (Wildman–Crippen LogP) is 4.59. The normalized spacial score (nSPS) is 23.3. The van der Waals surface area contributed by atoms with Crippen LogP contribution in [0.15, 0.2) is 10.1 Å². The van der Waals surface area contributed by atoms with Crippen LogP contribution in [0, 0.1) is 5.92 Å². The Morgan fingerprint density at radius 2 is 2.05 bits per heavy atom. The minimum Gasteiger partial charge on any atom is -0.464 e. The quantitative estimate of drug-likeness (QED) is 0.499. The van der Waals surface area contributed by atoms with E-state index in [1.165, 1.54) is 0 Å². The number of carbonyl (C=O) groups is 1. The van der Waals surface area contributed by atoms with E-state index in [9.17, 15) is 4.79 Å². The van der Waals surface area contributed by atoms with E-state index < -0.39 is 6.10 Å². The Kier molecular flexibility index (Phi) is 7.82. The van der Waals surface area contributed by atoms with Crippen LogP contribution in [-0.2, 0) is 14.3 Å². The molecule has 0 aliphatic carbocycles. The van der Waals surface area contributed by atoms with Crippen molar-refractivity contribution >= 4 is 21.9 Å². The first kappa shape index (κ1) is 17.7. The van der Waals surface area contributed by atoms with Crippen LogP contribution in [0.1, 0.15) is 59.8 Å². The average molecular weight is 347 g/mol. The molecule has 1 rings (SSSR count). The molecule has 2 atom stereocenters. The van der Waals surface area contributed by atoms with Gasteiger partial charge in [0.05, 0.1) is 12.7 Å². The van der Waals surface area contributed by atoms with Gasteiger partial charge in [-0.25, -0.2) is 4.79 Å². The molecule has 0 saturated carbocycles. The Morgan fingerprint density at radius 3 is 2.60 bits per heavy atom. The average Bonchev–Trinajstić information content (AvgIpc) is 2.43. The van der Waals surface area contributed by atoms with Gasteiger partial charge >= 0.3 is 5.97 Å². The van der Waals surface area contributed by atoms with Gasteiger partial charge in [0.1, 0.15) is 0 Å². The molecule has 116 valence electrons. The molecule has 1 aliphatic heterocycles. The zero-order chi connectivity index (χ0) is 15.1. The highest BCUT2D eigenvalue weighted by Crippen LogP contribution is 2.35. The van der Waals surface area contributed by atoms with Crippen LogP contribution >= 0.6 is 15.9 Å². The molecule has 0 fully saturated rings. The third kappa shape index (κ3) is 4.59. The standard InChI is InChI=1S/C16H27BrO3/c1-5-8-9-19-16(18)15-11(4)13(17)10-14(20-15)12(6-2)7-3/h12,14-15H,5-10H2,1-4H3/t14-,15-/m0/s1. The smallest absolute Gasteiger partial charge is 0.339 e. The number of hydrogen-bond donors (Lipinski definition) is 0. The van der Waals surface area contributed by atoms with Crippen molar-refractivity contribution in [1.82, 2.24) is 0 Å². The third-order valence-corrected chi connectivity index (χ3v) is 4.99. The maximum atomic E-state index is 12.2. The maximum absolute atomic E-state index is 12.2. The summed E-state index contributed by atoms with van der Waals surface area (Å²) >= 11 is 3.60. The number of ether oxygens (including phenoxy) is 2. The molecule has 4 heteroatoms. The molecule has 0 N–H and O–H groups in total. The Bertz CT molecular complexity index is 348. The molecular weight excluding hydrogens is 320 g/mol. The highest BCUT2D eigenvalue weighted by atomic mass is 79.9. The highest BCUT2D eigenvalue weighted by Gasteiger charge is 2.35. The maximum Gasteiger partial charge on any atom is 0.339 e. The zero-order valence-electron chi connectivity index (χ0n) is 13.1. The van der Waals surface area contributed by atoms with E-state index in [4.69, 9.17) is 9.47 Å². The van der Waals surface area contributed by atoms with Gasteiger partial charge in [-0.05, 0) is 29.3 Å². The first-order chi connectivity index (χ1) is 9.54. The zero-order valence-corrected chi connectivity index (χ0v) is 14.7. The first-order valence-corrected chi connectivity index (χ1v) is 8.51. The van der Waals surface area contributed by atoms with Crippen molar-refractivity contribution < 1.29 is 14.3 Å². The lowest BCUT2D eigenvalue weighted by molar-refractivity contribution is -0.161. The largest absolute Gasteiger partial charge is 0.464 e. The van der Waals surface area contributed by atoms with E-state index >= 15 is 0 Å². The minimum absolute atomic E-state index is 0.104. The van der Waals surface area contributed by atoms with Crippen LogP contribution in [-0.4, -0.2) is 24.8 Å². The lowest BCUT2D eigenvalue weighted by atomic mass is 9.91. The van der Waals surface area contributed by atoms with E-state index in [1.54, 1.807) is 0 Å². The third-order valence-electron chi connectivity index (χ3n) is 4.04. The van der Waals surface area contributed by atoms with Crippen molar-refractivity contribution in [2.24, 2.45) is 5.92 Å². The van der Waals surface area contributed by atoms with Crippen LogP contribution in [0.4, 0.5) is 0 Å². The van der Waals surface area contributed by atoms with E-state index in [0.29, 0.717) is 12.5 Å². The molecule has 0 spiro atoms. The summed E-state index contributed by atoms with van der Waals surface area (Å²) in [5.41, 5.74) is 0.953. The molecule has 0 aromatic rings. The number of rotatable bonds is 7. The van der Waals surface area contributed by atoms with Crippen LogP contribution in [0.2, 0.25) is 0 Å². The van der Waals surface area contributed by atoms with Crippen molar-refractivity contribution in [2.75, 3.05) is 6.61 Å². The minimum atomic E-state index is -0.541. The second kappa shape index (κ2) is 8.83. The Hall–Kier alpha value is -0.350.